The van der Waals surface area contributed by atoms with Crippen LogP contribution >= 0.6 is 0 Å². The van der Waals surface area contributed by atoms with Gasteiger partial charge in [0.1, 0.15) is 5.71 Å². The maximum Gasteiger partial charge on any atom is 0.431 e. The van der Waals surface area contributed by atoms with E-state index in [-0.39, 0.29) is 16.8 Å². The molecule has 2 aromatic carbocycles. The topological polar surface area (TPSA) is 78.9 Å². The van der Waals surface area contributed by atoms with Crippen LogP contribution < -0.4 is 5.73 Å². The molecule has 5 nitrogen and oxygen atoms in total. The summed E-state index contributed by atoms with van der Waals surface area (Å²) in [4.78, 5) is 12.7. The molecule has 25 heavy (non-hydrogen) atoms. The van der Waals surface area contributed by atoms with E-state index in [1.165, 1.54) is 30.3 Å². The molecule has 130 valence electrons. The van der Waals surface area contributed by atoms with E-state index in [1.54, 1.807) is 24.3 Å². The maximum absolute atomic E-state index is 13.1. The Balaban J connectivity index is 2.10. The molecular weight excluding hydrogens is 335 g/mol. The predicted octanol–water partition coefficient (Wildman–Crippen LogP) is 2.88. The summed E-state index contributed by atoms with van der Waals surface area (Å²) in [5.41, 5.74) is 2.43. The molecular formula is C17H14F3N3O2. The van der Waals surface area contributed by atoms with Gasteiger partial charge >= 0.3 is 6.18 Å². The molecule has 0 saturated carbocycles. The van der Waals surface area contributed by atoms with Gasteiger partial charge in [-0.05, 0) is 12.1 Å². The largest absolute Gasteiger partial charge is 0.431 e. The number of carbonyl (C=O) groups is 1. The summed E-state index contributed by atoms with van der Waals surface area (Å²) in [5, 5.41) is 14.8. The predicted molar refractivity (Wildman–Crippen MR) is 85.5 cm³/mol. The number of hydrogen-bond acceptors (Lipinski definition) is 4. The average Bonchev–Trinajstić information content (AvgIpc) is 2.95. The third-order valence-corrected chi connectivity index (χ3v) is 3.93. The van der Waals surface area contributed by atoms with Crippen molar-refractivity contribution in [3.05, 3.63) is 65.7 Å². The van der Waals surface area contributed by atoms with E-state index in [4.69, 9.17) is 5.73 Å². The summed E-state index contributed by atoms with van der Waals surface area (Å²) in [6.45, 7) is 0. The van der Waals surface area contributed by atoms with Gasteiger partial charge in [0.2, 0.25) is 0 Å². The molecule has 0 saturated heterocycles. The van der Waals surface area contributed by atoms with Gasteiger partial charge in [0.05, 0.1) is 12.0 Å². The highest BCUT2D eigenvalue weighted by atomic mass is 19.4. The van der Waals surface area contributed by atoms with E-state index >= 15 is 0 Å². The standard InChI is InChI=1S/C17H14F3N3O2/c18-17(19,20)14-10-16(25,11-6-2-1-3-7-11)23(22-14)15(24)12-8-4-5-9-13(12)21/h1-9,25H,10,21H2/t16-/m0/s1. The zero-order valence-electron chi connectivity index (χ0n) is 12.9. The molecule has 0 unspecified atom stereocenters. The first-order valence-corrected chi connectivity index (χ1v) is 7.35. The second kappa shape index (κ2) is 5.89. The van der Waals surface area contributed by atoms with E-state index in [0.29, 0.717) is 5.01 Å². The van der Waals surface area contributed by atoms with Gasteiger partial charge in [0, 0.05) is 11.3 Å². The Kier molecular flexibility index (Phi) is 4.00. The summed E-state index contributed by atoms with van der Waals surface area (Å²) >= 11 is 0. The van der Waals surface area contributed by atoms with Gasteiger partial charge in [-0.25, -0.2) is 0 Å². The number of para-hydroxylation sites is 1. The lowest BCUT2D eigenvalue weighted by atomic mass is 9.96. The minimum atomic E-state index is -4.76. The molecule has 1 aliphatic rings. The number of nitrogen functional groups attached to an aromatic ring is 1. The zero-order valence-corrected chi connectivity index (χ0v) is 12.9. The van der Waals surface area contributed by atoms with Crippen molar-refractivity contribution in [2.45, 2.75) is 18.3 Å². The molecule has 2 aromatic rings. The van der Waals surface area contributed by atoms with Crippen molar-refractivity contribution in [2.24, 2.45) is 5.10 Å². The number of alkyl halides is 3. The minimum absolute atomic E-state index is 0.0379. The molecule has 8 heteroatoms. The van der Waals surface area contributed by atoms with Gasteiger partial charge in [-0.1, -0.05) is 42.5 Å². The van der Waals surface area contributed by atoms with Crippen molar-refractivity contribution in [2.75, 3.05) is 5.73 Å². The molecule has 3 rings (SSSR count). The second-order valence-corrected chi connectivity index (χ2v) is 5.61. The molecule has 0 fully saturated rings. The molecule has 1 heterocycles. The molecule has 1 aliphatic heterocycles. The molecule has 0 aliphatic carbocycles. The first-order chi connectivity index (χ1) is 11.7. The first-order valence-electron chi connectivity index (χ1n) is 7.35. The van der Waals surface area contributed by atoms with Gasteiger partial charge < -0.3 is 10.8 Å². The Labute approximate surface area is 141 Å². The van der Waals surface area contributed by atoms with Crippen LogP contribution in [-0.4, -0.2) is 27.9 Å². The van der Waals surface area contributed by atoms with Crippen molar-refractivity contribution in [1.82, 2.24) is 5.01 Å². The molecule has 0 radical (unpaired) electrons. The number of hydrogen-bond donors (Lipinski definition) is 2. The van der Waals surface area contributed by atoms with E-state index in [1.807, 2.05) is 0 Å². The average molecular weight is 349 g/mol. The number of carbonyl (C=O) groups excluding carboxylic acids is 1. The Bertz CT molecular complexity index is 837. The number of hydrazone groups is 1. The smallest absolute Gasteiger partial charge is 0.398 e. The van der Waals surface area contributed by atoms with Gasteiger partial charge in [-0.3, -0.25) is 4.79 Å². The van der Waals surface area contributed by atoms with Crippen LogP contribution in [0.2, 0.25) is 0 Å². The summed E-state index contributed by atoms with van der Waals surface area (Å²) in [5.74, 6) is -0.913. The molecule has 3 N–H and O–H groups in total. The van der Waals surface area contributed by atoms with E-state index in [0.717, 1.165) is 0 Å². The Morgan fingerprint density at radius 1 is 1.12 bits per heavy atom. The maximum atomic E-state index is 13.1. The van der Waals surface area contributed by atoms with Crippen LogP contribution in [-0.2, 0) is 5.72 Å². The number of halogens is 3. The van der Waals surface area contributed by atoms with E-state index in [9.17, 15) is 23.1 Å². The van der Waals surface area contributed by atoms with Crippen molar-refractivity contribution in [3.63, 3.8) is 0 Å². The summed E-state index contributed by atoms with van der Waals surface area (Å²) in [6.07, 6.45) is -5.63. The van der Waals surface area contributed by atoms with Crippen molar-refractivity contribution < 1.29 is 23.1 Å². The molecule has 0 bridgehead atoms. The van der Waals surface area contributed by atoms with Crippen LogP contribution in [0.1, 0.15) is 22.3 Å². The second-order valence-electron chi connectivity index (χ2n) is 5.61. The SMILES string of the molecule is Nc1ccccc1C(=O)N1N=C(C(F)(F)F)C[C@]1(O)c1ccccc1. The highest BCUT2D eigenvalue weighted by Crippen LogP contribution is 2.40. The summed E-state index contributed by atoms with van der Waals surface area (Å²) in [6, 6.07) is 13.5. The summed E-state index contributed by atoms with van der Waals surface area (Å²) < 4.78 is 39.4. The first kappa shape index (κ1) is 17.0. The van der Waals surface area contributed by atoms with Gasteiger partial charge in [-0.15, -0.1) is 0 Å². The van der Waals surface area contributed by atoms with Crippen molar-refractivity contribution >= 4 is 17.3 Å². The summed E-state index contributed by atoms with van der Waals surface area (Å²) in [7, 11) is 0. The third-order valence-electron chi connectivity index (χ3n) is 3.93. The number of aliphatic hydroxyl groups is 1. The quantitative estimate of drug-likeness (QED) is 0.819. The van der Waals surface area contributed by atoms with E-state index < -0.39 is 29.9 Å². The molecule has 1 amide bonds. The minimum Gasteiger partial charge on any atom is -0.398 e. The number of rotatable bonds is 2. The number of amides is 1. The fourth-order valence-electron chi connectivity index (χ4n) is 2.65. The highest BCUT2D eigenvalue weighted by Gasteiger charge is 2.53. The van der Waals surface area contributed by atoms with Crippen molar-refractivity contribution in [3.8, 4) is 0 Å². The number of nitrogens with zero attached hydrogens (tertiary/aromatic N) is 2. The van der Waals surface area contributed by atoms with Gasteiger partial charge in [-0.2, -0.15) is 23.3 Å². The fourth-order valence-corrected chi connectivity index (χ4v) is 2.65. The third kappa shape index (κ3) is 2.96. The van der Waals surface area contributed by atoms with E-state index in [2.05, 4.69) is 5.10 Å². The monoisotopic (exact) mass is 349 g/mol. The molecule has 0 spiro atoms. The van der Waals surface area contributed by atoms with Crippen LogP contribution in [0.15, 0.2) is 59.7 Å². The molecule has 0 aromatic heterocycles. The van der Waals surface area contributed by atoms with Crippen LogP contribution in [0, 0.1) is 0 Å². The van der Waals surface area contributed by atoms with Crippen LogP contribution in [0.5, 0.6) is 0 Å². The molecule has 1 atom stereocenters. The van der Waals surface area contributed by atoms with Crippen LogP contribution in [0.3, 0.4) is 0 Å². The normalized spacial score (nSPS) is 20.5. The van der Waals surface area contributed by atoms with Gasteiger partial charge in [0.15, 0.2) is 5.72 Å². The fraction of sp³-hybridized carbons (Fsp3) is 0.176. The highest BCUT2D eigenvalue weighted by molar-refractivity contribution is 6.02. The Hall–Kier alpha value is -2.87. The number of benzene rings is 2. The lowest BCUT2D eigenvalue weighted by molar-refractivity contribution is -0.0815. The lowest BCUT2D eigenvalue weighted by Gasteiger charge is -2.31. The lowest BCUT2D eigenvalue weighted by Crippen LogP contribution is -2.44. The number of nitrogens with two attached hydrogens (primary N) is 1. The Morgan fingerprint density at radius 3 is 2.32 bits per heavy atom. The Morgan fingerprint density at radius 2 is 1.72 bits per heavy atom. The number of anilines is 1. The zero-order chi connectivity index (χ0) is 18.2. The van der Waals surface area contributed by atoms with Crippen LogP contribution in [0.25, 0.3) is 0 Å². The van der Waals surface area contributed by atoms with Crippen LogP contribution in [0.4, 0.5) is 18.9 Å². The van der Waals surface area contributed by atoms with Gasteiger partial charge in [0.25, 0.3) is 5.91 Å². The van der Waals surface area contributed by atoms with Crippen molar-refractivity contribution in [1.29, 1.82) is 0 Å².